The van der Waals surface area contributed by atoms with Crippen molar-refractivity contribution in [1.29, 1.82) is 5.26 Å². The molecule has 1 saturated heterocycles. The summed E-state index contributed by atoms with van der Waals surface area (Å²) in [4.78, 5) is 13.2. The molecule has 6 nitrogen and oxygen atoms in total. The second-order valence-corrected chi connectivity index (χ2v) is 4.45. The maximum absolute atomic E-state index is 11.2. The number of nitrogens with one attached hydrogen (secondary N) is 1. The molecule has 0 bridgehead atoms. The largest absolute Gasteiger partial charge is 0.453 e. The summed E-state index contributed by atoms with van der Waals surface area (Å²) in [6.45, 7) is 1.45. The van der Waals surface area contributed by atoms with Crippen LogP contribution in [-0.2, 0) is 4.74 Å². The smallest absolute Gasteiger partial charge is 0.407 e. The van der Waals surface area contributed by atoms with E-state index in [1.54, 1.807) is 18.2 Å². The van der Waals surface area contributed by atoms with E-state index in [-0.39, 0.29) is 6.04 Å². The van der Waals surface area contributed by atoms with Crippen LogP contribution in [0.3, 0.4) is 0 Å². The third-order valence-corrected chi connectivity index (χ3v) is 3.20. The van der Waals surface area contributed by atoms with Crippen molar-refractivity contribution < 1.29 is 9.53 Å². The maximum Gasteiger partial charge on any atom is 0.407 e. The van der Waals surface area contributed by atoms with E-state index in [1.807, 2.05) is 0 Å². The van der Waals surface area contributed by atoms with Crippen molar-refractivity contribution in [3.8, 4) is 6.07 Å². The molecule has 6 heteroatoms. The summed E-state index contributed by atoms with van der Waals surface area (Å²) < 4.78 is 4.58. The lowest BCUT2D eigenvalue weighted by Gasteiger charge is -2.20. The molecule has 0 radical (unpaired) electrons. The number of hydrogen-bond donors (Lipinski definition) is 2. The monoisotopic (exact) mass is 260 g/mol. The van der Waals surface area contributed by atoms with Gasteiger partial charge in [0.15, 0.2) is 0 Å². The molecule has 19 heavy (non-hydrogen) atoms. The zero-order valence-electron chi connectivity index (χ0n) is 10.7. The molecule has 0 spiro atoms. The van der Waals surface area contributed by atoms with Gasteiger partial charge in [0, 0.05) is 13.1 Å². The summed E-state index contributed by atoms with van der Waals surface area (Å²) in [6, 6.07) is 7.34. The Morgan fingerprint density at radius 1 is 1.63 bits per heavy atom. The highest BCUT2D eigenvalue weighted by molar-refractivity contribution is 5.71. The fourth-order valence-corrected chi connectivity index (χ4v) is 2.21. The molecule has 100 valence electrons. The van der Waals surface area contributed by atoms with Gasteiger partial charge in [-0.05, 0) is 24.6 Å². The Kier molecular flexibility index (Phi) is 3.76. The van der Waals surface area contributed by atoms with Crippen molar-refractivity contribution in [3.05, 3.63) is 23.8 Å². The van der Waals surface area contributed by atoms with Crippen LogP contribution in [0.25, 0.3) is 0 Å². The minimum atomic E-state index is -0.425. The number of nitrogen functional groups attached to an aromatic ring is 1. The average molecular weight is 260 g/mol. The molecule has 1 heterocycles. The van der Waals surface area contributed by atoms with E-state index in [4.69, 9.17) is 11.0 Å². The lowest BCUT2D eigenvalue weighted by atomic mass is 10.2. The number of nitrogens with zero attached hydrogens (tertiary/aromatic N) is 2. The van der Waals surface area contributed by atoms with Gasteiger partial charge in [0.2, 0.25) is 0 Å². The Labute approximate surface area is 111 Å². The van der Waals surface area contributed by atoms with Crippen LogP contribution < -0.4 is 16.0 Å². The van der Waals surface area contributed by atoms with Gasteiger partial charge in [0.05, 0.1) is 36.2 Å². The standard InChI is InChI=1S/C13H16N4O2/c1-19-13(18)16-10-4-5-17(8-10)12-6-9(7-14)2-3-11(12)15/h2-3,6,10H,4-5,8,15H2,1H3,(H,16,18). The highest BCUT2D eigenvalue weighted by Crippen LogP contribution is 2.27. The first-order valence-electron chi connectivity index (χ1n) is 6.03. The molecule has 1 atom stereocenters. The van der Waals surface area contributed by atoms with Crippen molar-refractivity contribution in [3.63, 3.8) is 0 Å². The molecule has 0 aromatic heterocycles. The zero-order valence-corrected chi connectivity index (χ0v) is 10.7. The minimum Gasteiger partial charge on any atom is -0.453 e. The summed E-state index contributed by atoms with van der Waals surface area (Å²) >= 11 is 0. The lowest BCUT2D eigenvalue weighted by molar-refractivity contribution is 0.167. The molecule has 1 aliphatic rings. The molecule has 3 N–H and O–H groups in total. The number of nitriles is 1. The van der Waals surface area contributed by atoms with Gasteiger partial charge in [-0.2, -0.15) is 5.26 Å². The summed E-state index contributed by atoms with van der Waals surface area (Å²) in [5, 5.41) is 11.7. The van der Waals surface area contributed by atoms with E-state index in [2.05, 4.69) is 21.0 Å². The molecule has 2 rings (SSSR count). The van der Waals surface area contributed by atoms with Crippen LogP contribution in [0.1, 0.15) is 12.0 Å². The SMILES string of the molecule is COC(=O)NC1CCN(c2cc(C#N)ccc2N)C1. The molecular weight excluding hydrogens is 244 g/mol. The number of amides is 1. The van der Waals surface area contributed by atoms with Crippen LogP contribution in [0.4, 0.5) is 16.2 Å². The van der Waals surface area contributed by atoms with Gasteiger partial charge in [-0.25, -0.2) is 4.79 Å². The predicted molar refractivity (Wildman–Crippen MR) is 71.7 cm³/mol. The molecule has 1 aromatic carbocycles. The first kappa shape index (κ1) is 13.0. The van der Waals surface area contributed by atoms with Gasteiger partial charge in [-0.1, -0.05) is 0 Å². The number of benzene rings is 1. The lowest BCUT2D eigenvalue weighted by Crippen LogP contribution is -2.37. The zero-order chi connectivity index (χ0) is 13.8. The van der Waals surface area contributed by atoms with Crippen LogP contribution in [0.15, 0.2) is 18.2 Å². The van der Waals surface area contributed by atoms with Gasteiger partial charge in [-0.15, -0.1) is 0 Å². The van der Waals surface area contributed by atoms with Crippen molar-refractivity contribution in [1.82, 2.24) is 5.32 Å². The van der Waals surface area contributed by atoms with Crippen LogP contribution in [0.5, 0.6) is 0 Å². The molecule has 0 saturated carbocycles. The van der Waals surface area contributed by atoms with Crippen LogP contribution in [0.2, 0.25) is 0 Å². The second kappa shape index (κ2) is 5.48. The Morgan fingerprint density at radius 2 is 2.42 bits per heavy atom. The summed E-state index contributed by atoms with van der Waals surface area (Å²) in [6.07, 6.45) is 0.399. The van der Waals surface area contributed by atoms with Crippen molar-refractivity contribution in [2.24, 2.45) is 0 Å². The normalized spacial score (nSPS) is 17.9. The molecule has 1 aromatic rings. The Hall–Kier alpha value is -2.42. The van der Waals surface area contributed by atoms with Gasteiger partial charge in [0.1, 0.15) is 0 Å². The molecule has 1 fully saturated rings. The van der Waals surface area contributed by atoms with Gasteiger partial charge in [0.25, 0.3) is 0 Å². The number of alkyl carbamates (subject to hydrolysis) is 1. The molecule has 1 unspecified atom stereocenters. The van der Waals surface area contributed by atoms with Crippen LogP contribution >= 0.6 is 0 Å². The number of nitrogens with two attached hydrogens (primary N) is 1. The Balaban J connectivity index is 2.08. The number of hydrogen-bond acceptors (Lipinski definition) is 5. The number of ether oxygens (including phenoxy) is 1. The molecular formula is C13H16N4O2. The number of anilines is 2. The molecule has 0 aliphatic carbocycles. The van der Waals surface area contributed by atoms with E-state index in [0.717, 1.165) is 18.7 Å². The van der Waals surface area contributed by atoms with Crippen LogP contribution in [-0.4, -0.2) is 32.3 Å². The Bertz CT molecular complexity index is 524. The average Bonchev–Trinajstić information content (AvgIpc) is 2.87. The Morgan fingerprint density at radius 3 is 3.11 bits per heavy atom. The van der Waals surface area contributed by atoms with Gasteiger partial charge in [-0.3, -0.25) is 0 Å². The molecule has 1 aliphatic heterocycles. The topological polar surface area (TPSA) is 91.4 Å². The number of rotatable bonds is 2. The van der Waals surface area contributed by atoms with Crippen molar-refractivity contribution in [2.45, 2.75) is 12.5 Å². The number of methoxy groups -OCH3 is 1. The van der Waals surface area contributed by atoms with Gasteiger partial charge < -0.3 is 20.7 Å². The van der Waals surface area contributed by atoms with E-state index >= 15 is 0 Å². The fraction of sp³-hybridized carbons (Fsp3) is 0.385. The third kappa shape index (κ3) is 2.88. The second-order valence-electron chi connectivity index (χ2n) is 4.45. The highest BCUT2D eigenvalue weighted by Gasteiger charge is 2.25. The quantitative estimate of drug-likeness (QED) is 0.776. The highest BCUT2D eigenvalue weighted by atomic mass is 16.5. The first-order valence-corrected chi connectivity index (χ1v) is 6.03. The van der Waals surface area contributed by atoms with E-state index in [1.165, 1.54) is 7.11 Å². The molecule has 1 amide bonds. The fourth-order valence-electron chi connectivity index (χ4n) is 2.21. The van der Waals surface area contributed by atoms with Crippen molar-refractivity contribution in [2.75, 3.05) is 30.8 Å². The first-order chi connectivity index (χ1) is 9.13. The minimum absolute atomic E-state index is 0.0394. The van der Waals surface area contributed by atoms with E-state index in [9.17, 15) is 4.79 Å². The third-order valence-electron chi connectivity index (χ3n) is 3.20. The number of carbonyl (C=O) groups excluding carboxylic acids is 1. The van der Waals surface area contributed by atoms with E-state index in [0.29, 0.717) is 17.8 Å². The van der Waals surface area contributed by atoms with E-state index < -0.39 is 6.09 Å². The maximum atomic E-state index is 11.2. The number of carbonyl (C=O) groups is 1. The van der Waals surface area contributed by atoms with Crippen LogP contribution in [0, 0.1) is 11.3 Å². The summed E-state index contributed by atoms with van der Waals surface area (Å²) in [7, 11) is 1.34. The van der Waals surface area contributed by atoms with Gasteiger partial charge >= 0.3 is 6.09 Å². The predicted octanol–water partition coefficient (Wildman–Crippen LogP) is 1.08. The summed E-state index contributed by atoms with van der Waals surface area (Å²) in [5.74, 6) is 0. The summed E-state index contributed by atoms with van der Waals surface area (Å²) in [5.41, 5.74) is 7.99. The van der Waals surface area contributed by atoms with Crippen molar-refractivity contribution >= 4 is 17.5 Å².